The van der Waals surface area contributed by atoms with Crippen LogP contribution in [0.25, 0.3) is 0 Å². The average molecular weight is 243 g/mol. The van der Waals surface area contributed by atoms with Crippen LogP contribution in [0.15, 0.2) is 34.7 Å². The van der Waals surface area contributed by atoms with Crippen molar-refractivity contribution in [3.05, 3.63) is 47.4 Å². The highest BCUT2D eigenvalue weighted by molar-refractivity contribution is 5.59. The van der Waals surface area contributed by atoms with E-state index in [0.717, 1.165) is 35.9 Å². The van der Waals surface area contributed by atoms with Gasteiger partial charge in [-0.2, -0.15) is 0 Å². The highest BCUT2D eigenvalue weighted by Gasteiger charge is 2.23. The molecule has 1 N–H and O–H groups in total. The van der Waals surface area contributed by atoms with E-state index in [1.807, 2.05) is 25.1 Å². The van der Waals surface area contributed by atoms with Crippen LogP contribution in [0.3, 0.4) is 0 Å². The van der Waals surface area contributed by atoms with E-state index in [9.17, 15) is 0 Å². The summed E-state index contributed by atoms with van der Waals surface area (Å²) < 4.78 is 11.6. The zero-order valence-electron chi connectivity index (χ0n) is 10.7. The number of aryl methyl sites for hydroxylation is 2. The second kappa shape index (κ2) is 4.41. The maximum Gasteiger partial charge on any atom is 0.173 e. The summed E-state index contributed by atoms with van der Waals surface area (Å²) >= 11 is 0. The first-order valence-electron chi connectivity index (χ1n) is 6.36. The Kier molecular flexibility index (Phi) is 2.74. The number of hydrogen-bond acceptors (Lipinski definition) is 3. The largest absolute Gasteiger partial charge is 0.478 e. The van der Waals surface area contributed by atoms with Gasteiger partial charge >= 0.3 is 0 Å². The molecule has 1 atom stereocenters. The number of rotatable bonds is 2. The standard InChI is InChI=1S/C15H17NO2/c1-3-11-5-7-13-12(8-11)16-9-15(18-13)14-6-4-10(2)17-14/h4-8,15-16H,3,9H2,1-2H3. The molecule has 0 amide bonds. The summed E-state index contributed by atoms with van der Waals surface area (Å²) in [4.78, 5) is 0. The molecule has 18 heavy (non-hydrogen) atoms. The predicted octanol–water partition coefficient (Wildman–Crippen LogP) is 3.70. The van der Waals surface area contributed by atoms with E-state index in [-0.39, 0.29) is 6.10 Å². The number of nitrogens with one attached hydrogen (secondary N) is 1. The summed E-state index contributed by atoms with van der Waals surface area (Å²) in [5.41, 5.74) is 2.39. The molecule has 0 aliphatic carbocycles. The lowest BCUT2D eigenvalue weighted by molar-refractivity contribution is 0.179. The lowest BCUT2D eigenvalue weighted by atomic mass is 10.1. The van der Waals surface area contributed by atoms with E-state index in [2.05, 4.69) is 24.4 Å². The lowest BCUT2D eigenvalue weighted by Gasteiger charge is -2.26. The second-order valence-corrected chi connectivity index (χ2v) is 4.62. The van der Waals surface area contributed by atoms with Crippen LogP contribution in [0.4, 0.5) is 5.69 Å². The minimum Gasteiger partial charge on any atom is -0.478 e. The molecule has 1 aromatic carbocycles. The van der Waals surface area contributed by atoms with Gasteiger partial charge in [-0.25, -0.2) is 0 Å². The first-order valence-corrected chi connectivity index (χ1v) is 6.36. The van der Waals surface area contributed by atoms with Gasteiger partial charge < -0.3 is 14.5 Å². The maximum atomic E-state index is 5.97. The summed E-state index contributed by atoms with van der Waals surface area (Å²) in [5.74, 6) is 2.70. The van der Waals surface area contributed by atoms with Gasteiger partial charge in [-0.1, -0.05) is 13.0 Å². The number of ether oxygens (including phenoxy) is 1. The molecule has 2 heterocycles. The number of hydrogen-bond donors (Lipinski definition) is 1. The summed E-state index contributed by atoms with van der Waals surface area (Å²) in [6.07, 6.45) is 0.995. The fraction of sp³-hybridized carbons (Fsp3) is 0.333. The van der Waals surface area contributed by atoms with Crippen LogP contribution in [-0.2, 0) is 6.42 Å². The van der Waals surface area contributed by atoms with Crippen LogP contribution in [-0.4, -0.2) is 6.54 Å². The Labute approximate surface area is 107 Å². The van der Waals surface area contributed by atoms with E-state index >= 15 is 0 Å². The third-order valence-electron chi connectivity index (χ3n) is 3.28. The molecule has 0 bridgehead atoms. The molecule has 0 spiro atoms. The minimum atomic E-state index is -0.0429. The van der Waals surface area contributed by atoms with Crippen molar-refractivity contribution in [1.82, 2.24) is 0 Å². The molecule has 1 aliphatic heterocycles. The van der Waals surface area contributed by atoms with E-state index in [0.29, 0.717) is 0 Å². The molecule has 0 radical (unpaired) electrons. The molecule has 0 saturated heterocycles. The van der Waals surface area contributed by atoms with Crippen molar-refractivity contribution in [3.8, 4) is 5.75 Å². The van der Waals surface area contributed by atoms with E-state index in [4.69, 9.17) is 9.15 Å². The van der Waals surface area contributed by atoms with Gasteiger partial charge in [0.2, 0.25) is 0 Å². The molecule has 1 unspecified atom stereocenters. The summed E-state index contributed by atoms with van der Waals surface area (Å²) in [7, 11) is 0. The first-order chi connectivity index (χ1) is 8.76. The van der Waals surface area contributed by atoms with Gasteiger partial charge in [0, 0.05) is 0 Å². The van der Waals surface area contributed by atoms with Gasteiger partial charge in [0.15, 0.2) is 6.10 Å². The molecule has 0 saturated carbocycles. The van der Waals surface area contributed by atoms with Crippen molar-refractivity contribution >= 4 is 5.69 Å². The molecule has 94 valence electrons. The molecular weight excluding hydrogens is 226 g/mol. The Bertz CT molecular complexity index is 559. The Hall–Kier alpha value is -1.90. The number of fused-ring (bicyclic) bond motifs is 1. The normalized spacial score (nSPS) is 17.8. The second-order valence-electron chi connectivity index (χ2n) is 4.62. The third-order valence-corrected chi connectivity index (χ3v) is 3.28. The lowest BCUT2D eigenvalue weighted by Crippen LogP contribution is -2.23. The number of furan rings is 1. The van der Waals surface area contributed by atoms with Crippen LogP contribution in [0.1, 0.15) is 30.1 Å². The highest BCUT2D eigenvalue weighted by atomic mass is 16.5. The number of benzene rings is 1. The van der Waals surface area contributed by atoms with E-state index < -0.39 is 0 Å². The topological polar surface area (TPSA) is 34.4 Å². The fourth-order valence-electron chi connectivity index (χ4n) is 2.22. The van der Waals surface area contributed by atoms with Crippen LogP contribution in [0, 0.1) is 6.92 Å². The molecule has 3 nitrogen and oxygen atoms in total. The SMILES string of the molecule is CCc1ccc2c(c1)NCC(c1ccc(C)o1)O2. The molecule has 2 aromatic rings. The first kappa shape index (κ1) is 11.2. The van der Waals surface area contributed by atoms with Crippen molar-refractivity contribution in [2.75, 3.05) is 11.9 Å². The van der Waals surface area contributed by atoms with Crippen molar-refractivity contribution in [1.29, 1.82) is 0 Å². The Morgan fingerprint density at radius 3 is 2.89 bits per heavy atom. The molecule has 1 aliphatic rings. The molecule has 0 fully saturated rings. The van der Waals surface area contributed by atoms with Crippen molar-refractivity contribution < 1.29 is 9.15 Å². The van der Waals surface area contributed by atoms with Gasteiger partial charge in [0.05, 0.1) is 12.2 Å². The minimum absolute atomic E-state index is 0.0429. The van der Waals surface area contributed by atoms with Crippen LogP contribution in [0.5, 0.6) is 5.75 Å². The zero-order valence-corrected chi connectivity index (χ0v) is 10.7. The summed E-state index contributed by atoms with van der Waals surface area (Å²) in [6, 6.07) is 10.2. The quantitative estimate of drug-likeness (QED) is 0.873. The summed E-state index contributed by atoms with van der Waals surface area (Å²) in [6.45, 7) is 4.84. The maximum absolute atomic E-state index is 5.97. The van der Waals surface area contributed by atoms with Crippen LogP contribution < -0.4 is 10.1 Å². The van der Waals surface area contributed by atoms with Crippen molar-refractivity contribution in [2.24, 2.45) is 0 Å². The van der Waals surface area contributed by atoms with E-state index in [1.54, 1.807) is 0 Å². The van der Waals surface area contributed by atoms with Crippen LogP contribution in [0.2, 0.25) is 0 Å². The monoisotopic (exact) mass is 243 g/mol. The van der Waals surface area contributed by atoms with Gasteiger partial charge in [-0.15, -0.1) is 0 Å². The average Bonchev–Trinajstić information content (AvgIpc) is 2.84. The van der Waals surface area contributed by atoms with Gasteiger partial charge in [-0.3, -0.25) is 0 Å². The zero-order chi connectivity index (χ0) is 12.5. The third kappa shape index (κ3) is 1.96. The molecular formula is C15H17NO2. The molecule has 3 rings (SSSR count). The van der Waals surface area contributed by atoms with Crippen LogP contribution >= 0.6 is 0 Å². The van der Waals surface area contributed by atoms with Gasteiger partial charge in [0.25, 0.3) is 0 Å². The molecule has 1 aromatic heterocycles. The highest BCUT2D eigenvalue weighted by Crippen LogP contribution is 2.35. The van der Waals surface area contributed by atoms with Gasteiger partial charge in [0.1, 0.15) is 17.3 Å². The van der Waals surface area contributed by atoms with Gasteiger partial charge in [-0.05, 0) is 43.2 Å². The number of anilines is 1. The Morgan fingerprint density at radius 1 is 1.28 bits per heavy atom. The van der Waals surface area contributed by atoms with Crippen molar-refractivity contribution in [2.45, 2.75) is 26.4 Å². The molecule has 3 heteroatoms. The van der Waals surface area contributed by atoms with Crippen molar-refractivity contribution in [3.63, 3.8) is 0 Å². The fourth-order valence-corrected chi connectivity index (χ4v) is 2.22. The Morgan fingerprint density at radius 2 is 2.17 bits per heavy atom. The smallest absolute Gasteiger partial charge is 0.173 e. The Balaban J connectivity index is 1.85. The van der Waals surface area contributed by atoms with E-state index in [1.165, 1.54) is 5.56 Å². The summed E-state index contributed by atoms with van der Waals surface area (Å²) in [5, 5.41) is 3.41. The predicted molar refractivity (Wildman–Crippen MR) is 71.1 cm³/mol.